The Morgan fingerprint density at radius 1 is 0.895 bits per heavy atom. The summed E-state index contributed by atoms with van der Waals surface area (Å²) in [7, 11) is 1.68. The second-order valence-corrected chi connectivity index (χ2v) is 4.53. The van der Waals surface area contributed by atoms with Crippen LogP contribution in [0.25, 0.3) is 22.0 Å². The van der Waals surface area contributed by atoms with Gasteiger partial charge in [-0.15, -0.1) is 0 Å². The lowest BCUT2D eigenvalue weighted by atomic mass is 10.00. The van der Waals surface area contributed by atoms with E-state index in [1.54, 1.807) is 7.11 Å². The van der Waals surface area contributed by atoms with Crippen LogP contribution < -0.4 is 4.74 Å². The van der Waals surface area contributed by atoms with Crippen molar-refractivity contribution in [2.45, 2.75) is 6.92 Å². The minimum absolute atomic E-state index is 0.818. The number of methoxy groups -OCH3 is 1. The monoisotopic (exact) mass is 249 g/mol. The molecule has 3 aromatic rings. The Morgan fingerprint density at radius 2 is 1.68 bits per heavy atom. The lowest BCUT2D eigenvalue weighted by Gasteiger charge is -2.10. The Balaban J connectivity index is 2.33. The molecule has 19 heavy (non-hydrogen) atoms. The van der Waals surface area contributed by atoms with Gasteiger partial charge in [0, 0.05) is 11.1 Å². The van der Waals surface area contributed by atoms with Crippen LogP contribution in [0.5, 0.6) is 5.75 Å². The van der Waals surface area contributed by atoms with Crippen LogP contribution in [0.1, 0.15) is 5.69 Å². The maximum Gasteiger partial charge on any atom is 0.145 e. The first-order valence-corrected chi connectivity index (χ1v) is 6.29. The summed E-state index contributed by atoms with van der Waals surface area (Å²) in [6.45, 7) is 1.99. The van der Waals surface area contributed by atoms with E-state index in [9.17, 15) is 0 Å². The van der Waals surface area contributed by atoms with Gasteiger partial charge in [0.05, 0.1) is 7.11 Å². The van der Waals surface area contributed by atoms with Crippen molar-refractivity contribution in [1.29, 1.82) is 0 Å². The van der Waals surface area contributed by atoms with Crippen molar-refractivity contribution < 1.29 is 4.74 Å². The molecule has 0 atom stereocenters. The molecule has 0 N–H and O–H groups in total. The lowest BCUT2D eigenvalue weighted by molar-refractivity contribution is 0.419. The van der Waals surface area contributed by atoms with E-state index in [1.165, 1.54) is 11.1 Å². The molecule has 2 heteroatoms. The van der Waals surface area contributed by atoms with Crippen molar-refractivity contribution in [3.8, 4) is 16.9 Å². The zero-order valence-corrected chi connectivity index (χ0v) is 11.1. The highest BCUT2D eigenvalue weighted by Crippen LogP contribution is 2.33. The van der Waals surface area contributed by atoms with Crippen LogP contribution in [0.15, 0.2) is 54.6 Å². The minimum atomic E-state index is 0.818. The van der Waals surface area contributed by atoms with Crippen LogP contribution in [0.4, 0.5) is 0 Å². The smallest absolute Gasteiger partial charge is 0.145 e. The minimum Gasteiger partial charge on any atom is -0.494 e. The number of hydrogen-bond acceptors (Lipinski definition) is 2. The fourth-order valence-electron chi connectivity index (χ4n) is 2.32. The van der Waals surface area contributed by atoms with Crippen molar-refractivity contribution in [1.82, 2.24) is 4.98 Å². The van der Waals surface area contributed by atoms with Gasteiger partial charge in [0.1, 0.15) is 11.3 Å². The van der Waals surface area contributed by atoms with Gasteiger partial charge in [-0.05, 0) is 36.2 Å². The number of hydrogen-bond donors (Lipinski definition) is 0. The van der Waals surface area contributed by atoms with E-state index >= 15 is 0 Å². The van der Waals surface area contributed by atoms with E-state index in [-0.39, 0.29) is 0 Å². The maximum atomic E-state index is 5.41. The topological polar surface area (TPSA) is 22.1 Å². The summed E-state index contributed by atoms with van der Waals surface area (Å²) < 4.78 is 5.41. The summed E-state index contributed by atoms with van der Waals surface area (Å²) in [5.74, 6) is 0.818. The maximum absolute atomic E-state index is 5.41. The molecule has 3 rings (SSSR count). The van der Waals surface area contributed by atoms with Crippen LogP contribution in [0.2, 0.25) is 0 Å². The Kier molecular flexibility index (Phi) is 2.92. The van der Waals surface area contributed by atoms with E-state index in [0.717, 1.165) is 22.3 Å². The first kappa shape index (κ1) is 11.7. The molecule has 0 aliphatic rings. The number of benzene rings is 2. The molecule has 0 unspecified atom stereocenters. The number of ether oxygens (including phenoxy) is 1. The molecular weight excluding hydrogens is 234 g/mol. The molecule has 0 amide bonds. The zero-order chi connectivity index (χ0) is 13.2. The number of nitrogens with zero attached hydrogens (tertiary/aromatic N) is 1. The summed E-state index contributed by atoms with van der Waals surface area (Å²) in [6, 6.07) is 18.6. The zero-order valence-electron chi connectivity index (χ0n) is 11.1. The van der Waals surface area contributed by atoms with E-state index in [1.807, 2.05) is 37.3 Å². The van der Waals surface area contributed by atoms with Gasteiger partial charge in [0.25, 0.3) is 0 Å². The normalized spacial score (nSPS) is 10.6. The van der Waals surface area contributed by atoms with Crippen LogP contribution in [-0.4, -0.2) is 12.1 Å². The van der Waals surface area contributed by atoms with E-state index in [2.05, 4.69) is 29.2 Å². The second kappa shape index (κ2) is 4.73. The lowest BCUT2D eigenvalue weighted by Crippen LogP contribution is -1.91. The fourth-order valence-corrected chi connectivity index (χ4v) is 2.32. The molecule has 1 heterocycles. The highest BCUT2D eigenvalue weighted by molar-refractivity contribution is 5.97. The first-order chi connectivity index (χ1) is 9.29. The molecule has 0 saturated carbocycles. The van der Waals surface area contributed by atoms with E-state index in [0.29, 0.717) is 0 Å². The number of pyridine rings is 1. The highest BCUT2D eigenvalue weighted by atomic mass is 16.5. The van der Waals surface area contributed by atoms with Gasteiger partial charge in [-0.2, -0.15) is 0 Å². The van der Waals surface area contributed by atoms with Gasteiger partial charge in [0.2, 0.25) is 0 Å². The third-order valence-corrected chi connectivity index (χ3v) is 3.26. The Bertz CT molecular complexity index is 720. The number of rotatable bonds is 2. The summed E-state index contributed by atoms with van der Waals surface area (Å²) in [4.78, 5) is 4.61. The van der Waals surface area contributed by atoms with Gasteiger partial charge in [0.15, 0.2) is 0 Å². The summed E-state index contributed by atoms with van der Waals surface area (Å²) >= 11 is 0. The molecule has 0 radical (unpaired) electrons. The highest BCUT2D eigenvalue weighted by Gasteiger charge is 2.09. The molecule has 0 saturated heterocycles. The SMILES string of the molecule is COc1ccc(-c2ccccc2)c2ccc(C)nc12. The average molecular weight is 249 g/mol. The van der Waals surface area contributed by atoms with Crippen molar-refractivity contribution >= 4 is 10.9 Å². The Labute approximate surface area is 112 Å². The molecule has 0 spiro atoms. The van der Waals surface area contributed by atoms with Gasteiger partial charge < -0.3 is 4.74 Å². The Morgan fingerprint density at radius 3 is 2.42 bits per heavy atom. The molecule has 0 aliphatic carbocycles. The van der Waals surface area contributed by atoms with E-state index < -0.39 is 0 Å². The van der Waals surface area contributed by atoms with Gasteiger partial charge >= 0.3 is 0 Å². The molecule has 2 aromatic carbocycles. The van der Waals surface area contributed by atoms with Crippen LogP contribution in [0, 0.1) is 6.92 Å². The van der Waals surface area contributed by atoms with Gasteiger partial charge in [-0.25, -0.2) is 4.98 Å². The molecule has 0 fully saturated rings. The fraction of sp³-hybridized carbons (Fsp3) is 0.118. The first-order valence-electron chi connectivity index (χ1n) is 6.29. The van der Waals surface area contributed by atoms with Crippen molar-refractivity contribution in [2.75, 3.05) is 7.11 Å². The largest absolute Gasteiger partial charge is 0.494 e. The predicted octanol–water partition coefficient (Wildman–Crippen LogP) is 4.22. The third-order valence-electron chi connectivity index (χ3n) is 3.26. The van der Waals surface area contributed by atoms with Crippen LogP contribution in [0.3, 0.4) is 0 Å². The second-order valence-electron chi connectivity index (χ2n) is 4.53. The summed E-state index contributed by atoms with van der Waals surface area (Å²) in [5, 5.41) is 1.12. The van der Waals surface area contributed by atoms with Crippen molar-refractivity contribution in [3.63, 3.8) is 0 Å². The molecule has 2 nitrogen and oxygen atoms in total. The van der Waals surface area contributed by atoms with Crippen LogP contribution in [-0.2, 0) is 0 Å². The number of fused-ring (bicyclic) bond motifs is 1. The number of aromatic nitrogens is 1. The predicted molar refractivity (Wildman–Crippen MR) is 78.5 cm³/mol. The summed E-state index contributed by atoms with van der Waals surface area (Å²) in [5.41, 5.74) is 4.30. The van der Waals surface area contributed by atoms with Gasteiger partial charge in [-0.3, -0.25) is 0 Å². The summed E-state index contributed by atoms with van der Waals surface area (Å²) in [6.07, 6.45) is 0. The molecular formula is C17H15NO. The van der Waals surface area contributed by atoms with E-state index in [4.69, 9.17) is 4.74 Å². The van der Waals surface area contributed by atoms with Crippen molar-refractivity contribution in [3.05, 3.63) is 60.3 Å². The third kappa shape index (κ3) is 2.06. The van der Waals surface area contributed by atoms with Crippen LogP contribution >= 0.6 is 0 Å². The molecule has 94 valence electrons. The standard InChI is InChI=1S/C17H15NO/c1-12-8-9-15-14(13-6-4-3-5-7-13)10-11-16(19-2)17(15)18-12/h3-11H,1-2H3. The van der Waals surface area contributed by atoms with Crippen molar-refractivity contribution in [2.24, 2.45) is 0 Å². The molecule has 1 aromatic heterocycles. The number of aryl methyl sites for hydroxylation is 1. The molecule has 0 bridgehead atoms. The quantitative estimate of drug-likeness (QED) is 0.678. The Hall–Kier alpha value is -2.35. The molecule has 0 aliphatic heterocycles. The average Bonchev–Trinajstić information content (AvgIpc) is 2.47. The van der Waals surface area contributed by atoms with Gasteiger partial charge in [-0.1, -0.05) is 36.4 Å².